The molecule has 1 aromatic rings. The van der Waals surface area contributed by atoms with Gasteiger partial charge in [0.25, 0.3) is 0 Å². The third-order valence-corrected chi connectivity index (χ3v) is 4.58. The number of fused-ring (bicyclic) bond motifs is 1. The molecule has 3 atom stereocenters. The highest BCUT2D eigenvalue weighted by Gasteiger charge is 2.57. The lowest BCUT2D eigenvalue weighted by Crippen LogP contribution is -2.05. The summed E-state index contributed by atoms with van der Waals surface area (Å²) in [4.78, 5) is 0. The molecule has 1 heterocycles. The van der Waals surface area contributed by atoms with Crippen LogP contribution in [0.3, 0.4) is 0 Å². The molecule has 1 fully saturated rings. The van der Waals surface area contributed by atoms with Crippen LogP contribution in [0.5, 0.6) is 5.75 Å². The molecule has 0 spiro atoms. The summed E-state index contributed by atoms with van der Waals surface area (Å²) in [5.41, 5.74) is 9.03. The Hall–Kier alpha value is -1.02. The predicted octanol–water partition coefficient (Wildman–Crippen LogP) is 2.71. The summed E-state index contributed by atoms with van der Waals surface area (Å²) in [5.74, 6) is 2.35. The van der Waals surface area contributed by atoms with Crippen molar-refractivity contribution in [2.45, 2.75) is 39.2 Å². The highest BCUT2D eigenvalue weighted by molar-refractivity contribution is 5.44. The largest absolute Gasteiger partial charge is 0.490 e. The number of ether oxygens (including phenoxy) is 1. The first-order chi connectivity index (χ1) is 8.04. The second-order valence-corrected chi connectivity index (χ2v) is 6.14. The van der Waals surface area contributed by atoms with Gasteiger partial charge in [0.05, 0.1) is 0 Å². The van der Waals surface area contributed by atoms with Crippen molar-refractivity contribution in [2.24, 2.45) is 17.1 Å². The van der Waals surface area contributed by atoms with Gasteiger partial charge < -0.3 is 10.5 Å². The molecular weight excluding hydrogens is 210 g/mol. The molecule has 0 aromatic heterocycles. The van der Waals surface area contributed by atoms with Gasteiger partial charge in [-0.1, -0.05) is 26.0 Å². The normalized spacial score (nSPS) is 33.1. The van der Waals surface area contributed by atoms with Crippen molar-refractivity contribution in [1.82, 2.24) is 0 Å². The fourth-order valence-electron chi connectivity index (χ4n) is 3.48. The molecule has 2 heteroatoms. The van der Waals surface area contributed by atoms with E-state index in [1.165, 1.54) is 11.1 Å². The molecule has 3 rings (SSSR count). The van der Waals surface area contributed by atoms with E-state index in [0.29, 0.717) is 23.4 Å². The summed E-state index contributed by atoms with van der Waals surface area (Å²) in [6.07, 6.45) is 1.38. The minimum atomic E-state index is 0.331. The Labute approximate surface area is 103 Å². The molecule has 1 aromatic carbocycles. The van der Waals surface area contributed by atoms with E-state index >= 15 is 0 Å². The maximum atomic E-state index is 5.85. The van der Waals surface area contributed by atoms with Crippen LogP contribution < -0.4 is 10.5 Å². The van der Waals surface area contributed by atoms with Gasteiger partial charge in [0.1, 0.15) is 11.9 Å². The van der Waals surface area contributed by atoms with Gasteiger partial charge in [-0.05, 0) is 47.9 Å². The molecule has 1 saturated carbocycles. The molecule has 0 saturated heterocycles. The lowest BCUT2D eigenvalue weighted by atomic mass is 10.00. The lowest BCUT2D eigenvalue weighted by molar-refractivity contribution is 0.254. The van der Waals surface area contributed by atoms with Crippen LogP contribution in [0.25, 0.3) is 0 Å². The Morgan fingerprint density at radius 1 is 1.41 bits per heavy atom. The van der Waals surface area contributed by atoms with E-state index in [0.717, 1.165) is 18.7 Å². The molecule has 0 amide bonds. The van der Waals surface area contributed by atoms with E-state index in [1.54, 1.807) is 0 Å². The smallest absolute Gasteiger partial charge is 0.123 e. The van der Waals surface area contributed by atoms with Crippen LogP contribution in [0.15, 0.2) is 18.2 Å². The quantitative estimate of drug-likeness (QED) is 0.849. The summed E-state index contributed by atoms with van der Waals surface area (Å²) in [6.45, 7) is 7.56. The van der Waals surface area contributed by atoms with Crippen molar-refractivity contribution < 1.29 is 4.74 Å². The van der Waals surface area contributed by atoms with Crippen molar-refractivity contribution in [3.05, 3.63) is 29.3 Å². The highest BCUT2D eigenvalue weighted by Crippen LogP contribution is 2.64. The lowest BCUT2D eigenvalue weighted by Gasteiger charge is -2.05. The molecule has 92 valence electrons. The van der Waals surface area contributed by atoms with Crippen LogP contribution >= 0.6 is 0 Å². The van der Waals surface area contributed by atoms with Gasteiger partial charge in [-0.15, -0.1) is 0 Å². The molecule has 0 bridgehead atoms. The number of benzene rings is 1. The molecule has 17 heavy (non-hydrogen) atoms. The summed E-state index contributed by atoms with van der Waals surface area (Å²) < 4.78 is 5.74. The fraction of sp³-hybridized carbons (Fsp3) is 0.600. The number of hydrogen-bond donors (Lipinski definition) is 1. The standard InChI is InChI=1S/C15H21NO/c1-9-6-11-7-10(4-5-13(11)17-9)14-12(8-16)15(14,2)3/h4-5,7,9,12,14H,6,8,16H2,1-3H3/t9?,12-,14-/m1/s1. The third kappa shape index (κ3) is 1.58. The van der Waals surface area contributed by atoms with Gasteiger partial charge in [-0.3, -0.25) is 0 Å². The minimum absolute atomic E-state index is 0.331. The van der Waals surface area contributed by atoms with Crippen LogP contribution in [-0.4, -0.2) is 12.6 Å². The Morgan fingerprint density at radius 3 is 2.82 bits per heavy atom. The van der Waals surface area contributed by atoms with Crippen LogP contribution in [-0.2, 0) is 6.42 Å². The van der Waals surface area contributed by atoms with E-state index in [-0.39, 0.29) is 0 Å². The van der Waals surface area contributed by atoms with Crippen molar-refractivity contribution in [3.8, 4) is 5.75 Å². The molecule has 1 aliphatic heterocycles. The Bertz CT molecular complexity index is 452. The molecule has 1 aliphatic carbocycles. The summed E-state index contributed by atoms with van der Waals surface area (Å²) >= 11 is 0. The average molecular weight is 231 g/mol. The van der Waals surface area contributed by atoms with Crippen LogP contribution in [0.4, 0.5) is 0 Å². The number of nitrogens with two attached hydrogens (primary N) is 1. The van der Waals surface area contributed by atoms with Gasteiger partial charge in [0.15, 0.2) is 0 Å². The van der Waals surface area contributed by atoms with Crippen molar-refractivity contribution in [1.29, 1.82) is 0 Å². The molecular formula is C15H21NO. The van der Waals surface area contributed by atoms with Gasteiger partial charge >= 0.3 is 0 Å². The Kier molecular flexibility index (Phi) is 2.27. The summed E-state index contributed by atoms with van der Waals surface area (Å²) in [7, 11) is 0. The number of hydrogen-bond acceptors (Lipinski definition) is 2. The van der Waals surface area contributed by atoms with E-state index < -0.39 is 0 Å². The zero-order valence-corrected chi connectivity index (χ0v) is 10.9. The van der Waals surface area contributed by atoms with E-state index in [1.807, 2.05) is 0 Å². The number of rotatable bonds is 2. The summed E-state index contributed by atoms with van der Waals surface area (Å²) in [6, 6.07) is 6.69. The van der Waals surface area contributed by atoms with E-state index in [9.17, 15) is 0 Å². The second kappa shape index (κ2) is 3.49. The zero-order chi connectivity index (χ0) is 12.2. The first-order valence-electron chi connectivity index (χ1n) is 6.53. The molecule has 2 nitrogen and oxygen atoms in total. The van der Waals surface area contributed by atoms with Gasteiger partial charge in [0, 0.05) is 6.42 Å². The maximum absolute atomic E-state index is 5.85. The Balaban J connectivity index is 1.90. The van der Waals surface area contributed by atoms with Gasteiger partial charge in [-0.25, -0.2) is 0 Å². The SMILES string of the molecule is CC1Cc2cc([C@@H]3[C@@H](CN)C3(C)C)ccc2O1. The van der Waals surface area contributed by atoms with Crippen molar-refractivity contribution in [3.63, 3.8) is 0 Å². The van der Waals surface area contributed by atoms with Crippen molar-refractivity contribution >= 4 is 0 Å². The van der Waals surface area contributed by atoms with Gasteiger partial charge in [0.2, 0.25) is 0 Å². The molecule has 2 aliphatic rings. The van der Waals surface area contributed by atoms with E-state index in [2.05, 4.69) is 39.0 Å². The zero-order valence-electron chi connectivity index (χ0n) is 10.9. The fourth-order valence-corrected chi connectivity index (χ4v) is 3.48. The van der Waals surface area contributed by atoms with E-state index in [4.69, 9.17) is 10.5 Å². The molecule has 2 N–H and O–H groups in total. The van der Waals surface area contributed by atoms with Crippen molar-refractivity contribution in [2.75, 3.05) is 6.54 Å². The summed E-state index contributed by atoms with van der Waals surface area (Å²) in [5, 5.41) is 0. The first kappa shape index (κ1) is 11.1. The van der Waals surface area contributed by atoms with Crippen LogP contribution in [0, 0.1) is 11.3 Å². The topological polar surface area (TPSA) is 35.2 Å². The average Bonchev–Trinajstić information content (AvgIpc) is 2.63. The monoisotopic (exact) mass is 231 g/mol. The minimum Gasteiger partial charge on any atom is -0.490 e. The van der Waals surface area contributed by atoms with Crippen LogP contribution in [0.2, 0.25) is 0 Å². The van der Waals surface area contributed by atoms with Crippen LogP contribution in [0.1, 0.15) is 37.8 Å². The molecule has 0 radical (unpaired) electrons. The second-order valence-electron chi connectivity index (χ2n) is 6.14. The predicted molar refractivity (Wildman–Crippen MR) is 69.3 cm³/mol. The third-order valence-electron chi connectivity index (χ3n) is 4.58. The first-order valence-corrected chi connectivity index (χ1v) is 6.53. The Morgan fingerprint density at radius 2 is 2.18 bits per heavy atom. The van der Waals surface area contributed by atoms with Gasteiger partial charge in [-0.2, -0.15) is 0 Å². The molecule has 1 unspecified atom stereocenters. The highest BCUT2D eigenvalue weighted by atomic mass is 16.5. The maximum Gasteiger partial charge on any atom is 0.123 e.